The Morgan fingerprint density at radius 1 is 0.415 bits per heavy atom. The number of para-hydroxylation sites is 4. The van der Waals surface area contributed by atoms with Crippen LogP contribution in [0.3, 0.4) is 0 Å². The Kier molecular flexibility index (Phi) is 4.61. The maximum atomic E-state index is 6.60. The van der Waals surface area contributed by atoms with Crippen molar-refractivity contribution in [3.63, 3.8) is 0 Å². The van der Waals surface area contributed by atoms with E-state index in [2.05, 4.69) is 132 Å². The maximum absolute atomic E-state index is 6.60. The van der Waals surface area contributed by atoms with Gasteiger partial charge in [-0.25, -0.2) is 0 Å². The van der Waals surface area contributed by atoms with E-state index >= 15 is 0 Å². The predicted octanol–water partition coefficient (Wildman–Crippen LogP) is 10.8. The molecule has 3 nitrogen and oxygen atoms in total. The summed E-state index contributed by atoms with van der Waals surface area (Å²) in [4.78, 5) is 0. The summed E-state index contributed by atoms with van der Waals surface area (Å²) in [6, 6.07) is 48.8. The van der Waals surface area contributed by atoms with E-state index in [1.807, 2.05) is 12.1 Å². The highest BCUT2D eigenvalue weighted by molar-refractivity contribution is 6.17. The molecule has 6 aromatic carbocycles. The minimum atomic E-state index is 0.882. The van der Waals surface area contributed by atoms with Gasteiger partial charge in [0.15, 0.2) is 5.58 Å². The quantitative estimate of drug-likeness (QED) is 0.230. The van der Waals surface area contributed by atoms with Gasteiger partial charge in [0.25, 0.3) is 0 Å². The van der Waals surface area contributed by atoms with Gasteiger partial charge in [-0.2, -0.15) is 0 Å². The van der Waals surface area contributed by atoms with Crippen molar-refractivity contribution in [1.82, 2.24) is 4.57 Å². The molecule has 0 atom stereocenters. The molecular formula is C38H23NO2. The van der Waals surface area contributed by atoms with E-state index in [1.165, 1.54) is 0 Å². The fourth-order valence-electron chi connectivity index (χ4n) is 6.33. The Balaban J connectivity index is 1.22. The first-order chi connectivity index (χ1) is 20.3. The summed E-state index contributed by atoms with van der Waals surface area (Å²) in [6.45, 7) is 0. The predicted molar refractivity (Wildman–Crippen MR) is 169 cm³/mol. The first-order valence-corrected chi connectivity index (χ1v) is 13.9. The van der Waals surface area contributed by atoms with Crippen molar-refractivity contribution >= 4 is 54.9 Å². The van der Waals surface area contributed by atoms with E-state index in [1.54, 1.807) is 0 Å². The maximum Gasteiger partial charge on any atom is 0.161 e. The lowest BCUT2D eigenvalue weighted by Crippen LogP contribution is -1.92. The largest absolute Gasteiger partial charge is 0.455 e. The van der Waals surface area contributed by atoms with Crippen LogP contribution in [-0.4, -0.2) is 4.57 Å². The topological polar surface area (TPSA) is 31.2 Å². The lowest BCUT2D eigenvalue weighted by Gasteiger charge is -2.08. The third-order valence-electron chi connectivity index (χ3n) is 8.20. The van der Waals surface area contributed by atoms with Gasteiger partial charge in [-0.05, 0) is 65.2 Å². The van der Waals surface area contributed by atoms with E-state index in [9.17, 15) is 0 Å². The third-order valence-corrected chi connectivity index (χ3v) is 8.20. The van der Waals surface area contributed by atoms with Crippen LogP contribution in [0.2, 0.25) is 0 Å². The molecule has 0 bridgehead atoms. The number of hydrogen-bond acceptors (Lipinski definition) is 2. The van der Waals surface area contributed by atoms with Crippen LogP contribution in [0.25, 0.3) is 82.9 Å². The summed E-state index contributed by atoms with van der Waals surface area (Å²) >= 11 is 0. The summed E-state index contributed by atoms with van der Waals surface area (Å²) in [7, 11) is 0. The number of furan rings is 2. The molecule has 0 N–H and O–H groups in total. The number of aromatic nitrogens is 1. The van der Waals surface area contributed by atoms with E-state index in [0.29, 0.717) is 0 Å². The summed E-state index contributed by atoms with van der Waals surface area (Å²) in [6.07, 6.45) is 0. The van der Waals surface area contributed by atoms with Crippen molar-refractivity contribution < 1.29 is 8.83 Å². The van der Waals surface area contributed by atoms with Crippen molar-refractivity contribution in [1.29, 1.82) is 0 Å². The Morgan fingerprint density at radius 2 is 1.12 bits per heavy atom. The van der Waals surface area contributed by atoms with Gasteiger partial charge in [-0.3, -0.25) is 0 Å². The van der Waals surface area contributed by atoms with Crippen LogP contribution in [0.4, 0.5) is 0 Å². The number of nitrogens with zero attached hydrogens (tertiary/aromatic N) is 1. The standard InChI is InChI=1S/C38H23NO2/c1-2-12-27(13-3-1)39-33-18-6-4-15-31(33)38-36(39)32-21-20-25(23-35(32)41-38)24-10-8-11-26(22-24)28-16-9-17-30-29-14-5-7-19-34(29)40-37(28)30/h1-23H. The Hall–Kier alpha value is -5.54. The fraction of sp³-hybridized carbons (Fsp3) is 0. The van der Waals surface area contributed by atoms with Gasteiger partial charge in [0.05, 0.1) is 5.52 Å². The molecule has 0 aliphatic rings. The number of fused-ring (bicyclic) bond motifs is 8. The second-order valence-electron chi connectivity index (χ2n) is 10.5. The summed E-state index contributed by atoms with van der Waals surface area (Å²) in [5, 5.41) is 4.50. The van der Waals surface area contributed by atoms with Gasteiger partial charge >= 0.3 is 0 Å². The van der Waals surface area contributed by atoms with Crippen LogP contribution < -0.4 is 0 Å². The Labute approximate surface area is 235 Å². The van der Waals surface area contributed by atoms with Crippen molar-refractivity contribution in [2.24, 2.45) is 0 Å². The van der Waals surface area contributed by atoms with Gasteiger partial charge in [0, 0.05) is 32.8 Å². The van der Waals surface area contributed by atoms with Crippen molar-refractivity contribution in [2.45, 2.75) is 0 Å². The summed E-state index contributed by atoms with van der Waals surface area (Å²) < 4.78 is 15.2. The zero-order chi connectivity index (χ0) is 26.9. The summed E-state index contributed by atoms with van der Waals surface area (Å²) in [5.41, 5.74) is 11.5. The summed E-state index contributed by atoms with van der Waals surface area (Å²) in [5.74, 6) is 0. The number of benzene rings is 6. The highest BCUT2D eigenvalue weighted by Gasteiger charge is 2.19. The Morgan fingerprint density at radius 3 is 2.05 bits per heavy atom. The smallest absolute Gasteiger partial charge is 0.161 e. The van der Waals surface area contributed by atoms with Gasteiger partial charge in [-0.1, -0.05) is 91.0 Å². The lowest BCUT2D eigenvalue weighted by molar-refractivity contribution is 0.670. The van der Waals surface area contributed by atoms with E-state index in [0.717, 1.165) is 82.9 Å². The molecule has 0 amide bonds. The molecule has 3 heteroatoms. The minimum absolute atomic E-state index is 0.882. The van der Waals surface area contributed by atoms with Gasteiger partial charge in [0.1, 0.15) is 22.3 Å². The molecule has 41 heavy (non-hydrogen) atoms. The molecule has 3 heterocycles. The number of rotatable bonds is 3. The molecule has 9 aromatic rings. The second-order valence-corrected chi connectivity index (χ2v) is 10.5. The highest BCUT2D eigenvalue weighted by atomic mass is 16.3. The molecule has 0 aliphatic heterocycles. The average Bonchev–Trinajstić information content (AvgIpc) is 3.70. The molecule has 0 saturated heterocycles. The van der Waals surface area contributed by atoms with Crippen LogP contribution in [-0.2, 0) is 0 Å². The van der Waals surface area contributed by atoms with Crippen molar-refractivity contribution in [3.8, 4) is 27.9 Å². The number of hydrogen-bond donors (Lipinski definition) is 0. The van der Waals surface area contributed by atoms with Crippen LogP contribution in [0.5, 0.6) is 0 Å². The molecule has 0 radical (unpaired) electrons. The molecule has 192 valence electrons. The first-order valence-electron chi connectivity index (χ1n) is 13.9. The van der Waals surface area contributed by atoms with Crippen LogP contribution in [0.15, 0.2) is 148 Å². The van der Waals surface area contributed by atoms with E-state index < -0.39 is 0 Å². The zero-order valence-corrected chi connectivity index (χ0v) is 22.0. The van der Waals surface area contributed by atoms with Crippen LogP contribution in [0.1, 0.15) is 0 Å². The normalized spacial score (nSPS) is 11.9. The molecule has 0 fully saturated rings. The van der Waals surface area contributed by atoms with Gasteiger partial charge in [0.2, 0.25) is 0 Å². The van der Waals surface area contributed by atoms with Gasteiger partial charge < -0.3 is 13.4 Å². The molecule has 0 saturated carbocycles. The zero-order valence-electron chi connectivity index (χ0n) is 22.0. The fourth-order valence-corrected chi connectivity index (χ4v) is 6.33. The van der Waals surface area contributed by atoms with E-state index in [-0.39, 0.29) is 0 Å². The lowest BCUT2D eigenvalue weighted by atomic mass is 9.97. The van der Waals surface area contributed by atoms with Crippen LogP contribution >= 0.6 is 0 Å². The molecule has 9 rings (SSSR count). The Bertz CT molecular complexity index is 2420. The highest BCUT2D eigenvalue weighted by Crippen LogP contribution is 2.41. The van der Waals surface area contributed by atoms with E-state index in [4.69, 9.17) is 8.83 Å². The van der Waals surface area contributed by atoms with Gasteiger partial charge in [-0.15, -0.1) is 0 Å². The average molecular weight is 526 g/mol. The molecule has 0 unspecified atom stereocenters. The third kappa shape index (κ3) is 3.26. The minimum Gasteiger partial charge on any atom is -0.455 e. The molecule has 0 aliphatic carbocycles. The molecular weight excluding hydrogens is 502 g/mol. The first kappa shape index (κ1) is 22.3. The SMILES string of the molecule is c1ccc(-n2c3ccccc3c3oc4cc(-c5cccc(-c6cccc7c6oc6ccccc67)c5)ccc4c32)cc1. The van der Waals surface area contributed by atoms with Crippen molar-refractivity contribution in [2.75, 3.05) is 0 Å². The second kappa shape index (κ2) is 8.48. The monoisotopic (exact) mass is 525 g/mol. The molecule has 0 spiro atoms. The van der Waals surface area contributed by atoms with Crippen LogP contribution in [0, 0.1) is 0 Å². The molecule has 3 aromatic heterocycles. The van der Waals surface area contributed by atoms with Crippen molar-refractivity contribution in [3.05, 3.63) is 140 Å².